The second kappa shape index (κ2) is 9.67. The highest BCUT2D eigenvalue weighted by molar-refractivity contribution is 6.00. The first-order valence-corrected chi connectivity index (χ1v) is 10.3. The van der Waals surface area contributed by atoms with Crippen LogP contribution in [-0.4, -0.2) is 21.0 Å². The summed E-state index contributed by atoms with van der Waals surface area (Å²) in [5.74, 6) is 0.898. The zero-order chi connectivity index (χ0) is 25.0. The molecule has 0 radical (unpaired) electrons. The van der Waals surface area contributed by atoms with E-state index in [0.29, 0.717) is 17.1 Å². The van der Waals surface area contributed by atoms with Gasteiger partial charge in [0.05, 0.1) is 23.6 Å². The van der Waals surface area contributed by atoms with Crippen molar-refractivity contribution < 1.29 is 22.7 Å². The van der Waals surface area contributed by atoms with Crippen LogP contribution in [0.15, 0.2) is 73.2 Å². The van der Waals surface area contributed by atoms with Gasteiger partial charge in [0, 0.05) is 17.4 Å². The number of aryl methyl sites for hydroxylation is 1. The maximum Gasteiger partial charge on any atom is 0.416 e. The minimum atomic E-state index is -4.52. The number of carbonyl (C=O) groups excluding carboxylic acids is 1. The maximum absolute atomic E-state index is 12.9. The lowest BCUT2D eigenvalue weighted by molar-refractivity contribution is -0.137. The molecule has 0 unspecified atom stereocenters. The van der Waals surface area contributed by atoms with Crippen molar-refractivity contribution in [1.29, 1.82) is 0 Å². The van der Waals surface area contributed by atoms with Crippen LogP contribution in [0, 0.1) is 6.92 Å². The van der Waals surface area contributed by atoms with Crippen LogP contribution in [0.1, 0.15) is 11.1 Å². The van der Waals surface area contributed by atoms with Gasteiger partial charge >= 0.3 is 18.2 Å². The lowest BCUT2D eigenvalue weighted by Gasteiger charge is -2.13. The van der Waals surface area contributed by atoms with E-state index < -0.39 is 17.8 Å². The Kier molecular flexibility index (Phi) is 6.49. The van der Waals surface area contributed by atoms with E-state index in [2.05, 4.69) is 25.6 Å². The fourth-order valence-corrected chi connectivity index (χ4v) is 3.12. The van der Waals surface area contributed by atoms with E-state index in [0.717, 1.165) is 23.3 Å². The number of alkyl halides is 3. The van der Waals surface area contributed by atoms with Gasteiger partial charge in [0.15, 0.2) is 0 Å². The lowest BCUT2D eigenvalue weighted by atomic mass is 10.1. The molecule has 0 spiro atoms. The summed E-state index contributed by atoms with van der Waals surface area (Å²) < 4.78 is 44.4. The van der Waals surface area contributed by atoms with Crippen molar-refractivity contribution >= 4 is 23.2 Å². The maximum atomic E-state index is 12.9. The van der Waals surface area contributed by atoms with Crippen LogP contribution in [0.25, 0.3) is 11.1 Å². The molecule has 8 nitrogen and oxygen atoms in total. The van der Waals surface area contributed by atoms with E-state index in [1.165, 1.54) is 18.5 Å². The number of amides is 2. The second-order valence-electron chi connectivity index (χ2n) is 7.42. The van der Waals surface area contributed by atoms with Gasteiger partial charge in [-0.05, 0) is 54.4 Å². The smallest absolute Gasteiger partial charge is 0.416 e. The molecule has 11 heteroatoms. The number of nitrogen functional groups attached to an aromatic ring is 1. The Morgan fingerprint density at radius 1 is 0.971 bits per heavy atom. The van der Waals surface area contributed by atoms with Crippen LogP contribution in [0.5, 0.6) is 11.8 Å². The first kappa shape index (κ1) is 23.5. The van der Waals surface area contributed by atoms with Gasteiger partial charge in [0.2, 0.25) is 0 Å². The third-order valence-electron chi connectivity index (χ3n) is 4.91. The molecular weight excluding hydrogens is 461 g/mol. The van der Waals surface area contributed by atoms with Gasteiger partial charge in [0.1, 0.15) is 11.6 Å². The van der Waals surface area contributed by atoms with Crippen LogP contribution >= 0.6 is 0 Å². The average Bonchev–Trinajstić information content (AvgIpc) is 2.82. The summed E-state index contributed by atoms with van der Waals surface area (Å²) in [5, 5.41) is 4.87. The zero-order valence-corrected chi connectivity index (χ0v) is 18.3. The number of nitrogens with one attached hydrogen (secondary N) is 2. The molecule has 4 rings (SSSR count). The summed E-state index contributed by atoms with van der Waals surface area (Å²) >= 11 is 0. The average molecular weight is 480 g/mol. The minimum Gasteiger partial charge on any atom is -0.424 e. The molecule has 0 aliphatic carbocycles. The molecule has 0 saturated heterocycles. The number of ether oxygens (including phenoxy) is 1. The quantitative estimate of drug-likeness (QED) is 0.328. The van der Waals surface area contributed by atoms with Crippen LogP contribution in [0.3, 0.4) is 0 Å². The summed E-state index contributed by atoms with van der Waals surface area (Å²) in [5.41, 5.74) is 7.43. The van der Waals surface area contributed by atoms with E-state index in [1.807, 2.05) is 18.2 Å². The van der Waals surface area contributed by atoms with Crippen molar-refractivity contribution in [3.8, 4) is 22.9 Å². The van der Waals surface area contributed by atoms with Gasteiger partial charge in [-0.1, -0.05) is 18.2 Å². The molecular formula is C24H19F3N6O2. The number of hydrogen-bond donors (Lipinski definition) is 3. The fourth-order valence-electron chi connectivity index (χ4n) is 3.12. The highest BCUT2D eigenvalue weighted by atomic mass is 19.4. The number of urea groups is 1. The molecule has 4 N–H and O–H groups in total. The topological polar surface area (TPSA) is 115 Å². The Balaban J connectivity index is 1.37. The van der Waals surface area contributed by atoms with Crippen LogP contribution in [-0.2, 0) is 6.18 Å². The molecule has 0 bridgehead atoms. The Bertz CT molecular complexity index is 1340. The molecule has 2 aromatic heterocycles. The Morgan fingerprint density at radius 3 is 2.34 bits per heavy atom. The van der Waals surface area contributed by atoms with Gasteiger partial charge in [0.25, 0.3) is 0 Å². The molecule has 35 heavy (non-hydrogen) atoms. The highest BCUT2D eigenvalue weighted by Gasteiger charge is 2.31. The SMILES string of the molecule is Cc1ccc(C(F)(F)F)cc1NC(=O)Nc1cnc(Oc2ccc(-c3cccnc3N)cc2)nc1. The fraction of sp³-hybridized carbons (Fsp3) is 0.0833. The van der Waals surface area contributed by atoms with E-state index >= 15 is 0 Å². The molecule has 2 aromatic carbocycles. The first-order chi connectivity index (χ1) is 16.7. The van der Waals surface area contributed by atoms with Gasteiger partial charge in [-0.15, -0.1) is 0 Å². The number of hydrogen-bond acceptors (Lipinski definition) is 6. The van der Waals surface area contributed by atoms with Crippen molar-refractivity contribution in [3.63, 3.8) is 0 Å². The predicted molar refractivity (Wildman–Crippen MR) is 125 cm³/mol. The number of rotatable bonds is 5. The van der Waals surface area contributed by atoms with E-state index in [-0.39, 0.29) is 17.4 Å². The van der Waals surface area contributed by atoms with E-state index in [9.17, 15) is 18.0 Å². The van der Waals surface area contributed by atoms with Crippen molar-refractivity contribution in [3.05, 3.63) is 84.3 Å². The number of nitrogens with two attached hydrogens (primary N) is 1. The van der Waals surface area contributed by atoms with Crippen molar-refractivity contribution in [2.75, 3.05) is 16.4 Å². The number of nitrogens with zero attached hydrogens (tertiary/aromatic N) is 3. The molecule has 178 valence electrons. The minimum absolute atomic E-state index is 0.0367. The first-order valence-electron chi connectivity index (χ1n) is 10.3. The van der Waals surface area contributed by atoms with Crippen molar-refractivity contribution in [2.24, 2.45) is 0 Å². The third kappa shape index (κ3) is 5.82. The molecule has 0 aliphatic rings. The third-order valence-corrected chi connectivity index (χ3v) is 4.91. The predicted octanol–water partition coefficient (Wildman–Crippen LogP) is 5.88. The summed E-state index contributed by atoms with van der Waals surface area (Å²) in [6, 6.07) is 13.1. The number of anilines is 3. The van der Waals surface area contributed by atoms with Gasteiger partial charge in [-0.2, -0.15) is 13.2 Å². The number of carbonyl (C=O) groups is 1. The van der Waals surface area contributed by atoms with Gasteiger partial charge in [-0.3, -0.25) is 0 Å². The van der Waals surface area contributed by atoms with Crippen molar-refractivity contribution in [1.82, 2.24) is 15.0 Å². The lowest BCUT2D eigenvalue weighted by Crippen LogP contribution is -2.20. The molecule has 0 saturated carbocycles. The summed E-state index contributed by atoms with van der Waals surface area (Å²) in [4.78, 5) is 24.4. The zero-order valence-electron chi connectivity index (χ0n) is 18.3. The summed E-state index contributed by atoms with van der Waals surface area (Å²) in [6.45, 7) is 1.59. The van der Waals surface area contributed by atoms with Gasteiger partial charge < -0.3 is 21.1 Å². The molecule has 4 aromatic rings. The normalized spacial score (nSPS) is 11.1. The summed E-state index contributed by atoms with van der Waals surface area (Å²) in [7, 11) is 0. The molecule has 0 fully saturated rings. The van der Waals surface area contributed by atoms with Crippen molar-refractivity contribution in [2.45, 2.75) is 13.1 Å². The number of benzene rings is 2. The largest absolute Gasteiger partial charge is 0.424 e. The summed E-state index contributed by atoms with van der Waals surface area (Å²) in [6.07, 6.45) is -0.282. The Hall–Kier alpha value is -4.67. The van der Waals surface area contributed by atoms with Crippen LogP contribution in [0.2, 0.25) is 0 Å². The Labute approximate surface area is 198 Å². The van der Waals surface area contributed by atoms with Crippen LogP contribution in [0.4, 0.5) is 35.2 Å². The molecule has 2 amide bonds. The molecule has 2 heterocycles. The number of pyridine rings is 1. The highest BCUT2D eigenvalue weighted by Crippen LogP contribution is 2.32. The molecule has 0 atom stereocenters. The number of halogens is 3. The second-order valence-corrected chi connectivity index (χ2v) is 7.42. The number of aromatic nitrogens is 3. The van der Waals surface area contributed by atoms with E-state index in [4.69, 9.17) is 10.5 Å². The van der Waals surface area contributed by atoms with Gasteiger partial charge in [-0.25, -0.2) is 19.7 Å². The monoisotopic (exact) mass is 480 g/mol. The van der Waals surface area contributed by atoms with Crippen LogP contribution < -0.4 is 21.1 Å². The standard InChI is InChI=1S/C24H19F3N6O2/c1-14-4-7-16(24(25,26)27)11-20(14)33-22(34)32-17-12-30-23(31-13-17)35-18-8-5-15(6-9-18)19-3-2-10-29-21(19)28/h2-13H,1H3,(H2,28,29)(H2,32,33,34). The van der Waals surface area contributed by atoms with E-state index in [1.54, 1.807) is 31.3 Å². The Morgan fingerprint density at radius 2 is 1.69 bits per heavy atom. The molecule has 0 aliphatic heterocycles.